The smallest absolute Gasteiger partial charge is 0.354 e. The second-order valence-corrected chi connectivity index (χ2v) is 6.23. The van der Waals surface area contributed by atoms with Crippen molar-refractivity contribution < 1.29 is 18.0 Å². The minimum atomic E-state index is -4.36. The van der Waals surface area contributed by atoms with Gasteiger partial charge in [0, 0.05) is 20.1 Å². The fourth-order valence-corrected chi connectivity index (χ4v) is 3.01. The number of piperidine rings is 1. The van der Waals surface area contributed by atoms with Gasteiger partial charge in [0.05, 0.1) is 5.56 Å². The molecule has 0 unspecified atom stereocenters. The number of hydrogen-bond donors (Lipinski definition) is 1. The van der Waals surface area contributed by atoms with Crippen molar-refractivity contribution in [2.24, 2.45) is 0 Å². The Morgan fingerprint density at radius 2 is 1.81 bits per heavy atom. The molecule has 2 heterocycles. The van der Waals surface area contributed by atoms with E-state index in [2.05, 4.69) is 15.5 Å². The van der Waals surface area contributed by atoms with Gasteiger partial charge in [0.1, 0.15) is 0 Å². The van der Waals surface area contributed by atoms with E-state index >= 15 is 0 Å². The number of rotatable bonds is 3. The summed E-state index contributed by atoms with van der Waals surface area (Å²) in [5.74, 6) is 0.346. The van der Waals surface area contributed by atoms with Crippen LogP contribution in [0.15, 0.2) is 42.0 Å². The average molecular weight is 376 g/mol. The number of amides is 1. The van der Waals surface area contributed by atoms with Crippen LogP contribution in [0.1, 0.15) is 34.5 Å². The van der Waals surface area contributed by atoms with Crippen molar-refractivity contribution in [2.75, 3.05) is 25.0 Å². The van der Waals surface area contributed by atoms with E-state index in [0.717, 1.165) is 11.6 Å². The van der Waals surface area contributed by atoms with Gasteiger partial charge in [-0.15, -0.1) is 10.2 Å². The molecule has 1 aliphatic rings. The molecule has 1 N–H and O–H groups in total. The van der Waals surface area contributed by atoms with Crippen molar-refractivity contribution in [3.8, 4) is 0 Å². The normalized spacial score (nSPS) is 14.8. The molecule has 1 saturated heterocycles. The van der Waals surface area contributed by atoms with Gasteiger partial charge in [0.2, 0.25) is 0 Å². The molecule has 0 radical (unpaired) electrons. The Bertz CT molecular complexity index is 837. The second-order valence-electron chi connectivity index (χ2n) is 6.23. The Kier molecular flexibility index (Phi) is 5.43. The van der Waals surface area contributed by atoms with Gasteiger partial charge in [0.25, 0.3) is 5.91 Å². The minimum absolute atomic E-state index is 0.197. The number of halogens is 3. The lowest BCUT2D eigenvalue weighted by Crippen LogP contribution is -2.31. The summed E-state index contributed by atoms with van der Waals surface area (Å²) in [7, 11) is 1.52. The van der Waals surface area contributed by atoms with E-state index in [1.807, 2.05) is 4.90 Å². The fourth-order valence-electron chi connectivity index (χ4n) is 3.01. The third kappa shape index (κ3) is 4.45. The van der Waals surface area contributed by atoms with Crippen LogP contribution in [-0.2, 0) is 6.18 Å². The standard InChI is InChI=1S/C19H19F3N4O/c1-23-18(27)16-6-7-17(25-24-16)26-10-8-13(9-11-26)12-14-4-2-3-5-15(14)19(20,21)22/h2-7,12H,8-11H2,1H3,(H,23,27). The minimum Gasteiger partial charge on any atom is -0.354 e. The van der Waals surface area contributed by atoms with Crippen LogP contribution < -0.4 is 10.2 Å². The predicted octanol–water partition coefficient (Wildman–Crippen LogP) is 3.54. The second kappa shape index (κ2) is 7.77. The molecule has 27 heavy (non-hydrogen) atoms. The Morgan fingerprint density at radius 3 is 2.41 bits per heavy atom. The molecule has 1 aromatic carbocycles. The summed E-state index contributed by atoms with van der Waals surface area (Å²) < 4.78 is 39.4. The molecule has 3 rings (SSSR count). The summed E-state index contributed by atoms with van der Waals surface area (Å²) in [6.45, 7) is 1.27. The van der Waals surface area contributed by atoms with Crippen LogP contribution >= 0.6 is 0 Å². The molecule has 1 fully saturated rings. The van der Waals surface area contributed by atoms with Crippen molar-refractivity contribution in [3.63, 3.8) is 0 Å². The monoisotopic (exact) mass is 376 g/mol. The van der Waals surface area contributed by atoms with Crippen LogP contribution in [0.5, 0.6) is 0 Å². The van der Waals surface area contributed by atoms with Gasteiger partial charge in [-0.3, -0.25) is 4.79 Å². The van der Waals surface area contributed by atoms with E-state index in [-0.39, 0.29) is 17.2 Å². The van der Waals surface area contributed by atoms with Crippen LogP contribution in [0.4, 0.5) is 19.0 Å². The summed E-state index contributed by atoms with van der Waals surface area (Å²) >= 11 is 0. The molecule has 1 aromatic heterocycles. The molecule has 1 aliphatic heterocycles. The largest absolute Gasteiger partial charge is 0.416 e. The molecule has 1 amide bonds. The maximum atomic E-state index is 13.1. The molecular weight excluding hydrogens is 357 g/mol. The van der Waals surface area contributed by atoms with E-state index in [9.17, 15) is 18.0 Å². The lowest BCUT2D eigenvalue weighted by atomic mass is 9.98. The predicted molar refractivity (Wildman–Crippen MR) is 96.3 cm³/mol. The Hall–Kier alpha value is -2.90. The number of aromatic nitrogens is 2. The van der Waals surface area contributed by atoms with Crippen molar-refractivity contribution >= 4 is 17.8 Å². The first-order valence-corrected chi connectivity index (χ1v) is 8.55. The molecule has 0 bridgehead atoms. The number of benzene rings is 1. The van der Waals surface area contributed by atoms with Gasteiger partial charge < -0.3 is 10.2 Å². The van der Waals surface area contributed by atoms with E-state index in [0.29, 0.717) is 31.7 Å². The first-order chi connectivity index (χ1) is 12.9. The summed E-state index contributed by atoms with van der Waals surface area (Å²) in [5, 5.41) is 10.5. The highest BCUT2D eigenvalue weighted by Gasteiger charge is 2.32. The third-order valence-electron chi connectivity index (χ3n) is 4.47. The van der Waals surface area contributed by atoms with Crippen LogP contribution in [0, 0.1) is 0 Å². The quantitative estimate of drug-likeness (QED) is 0.890. The zero-order chi connectivity index (χ0) is 19.4. The Morgan fingerprint density at radius 1 is 1.11 bits per heavy atom. The van der Waals surface area contributed by atoms with Gasteiger partial charge in [-0.2, -0.15) is 13.2 Å². The number of anilines is 1. The average Bonchev–Trinajstić information content (AvgIpc) is 2.68. The highest BCUT2D eigenvalue weighted by atomic mass is 19.4. The SMILES string of the molecule is CNC(=O)c1ccc(N2CCC(=Cc3ccccc3C(F)(F)F)CC2)nn1. The number of alkyl halides is 3. The van der Waals surface area contributed by atoms with Gasteiger partial charge in [0.15, 0.2) is 11.5 Å². The first kappa shape index (κ1) is 18.9. The third-order valence-corrected chi connectivity index (χ3v) is 4.47. The van der Waals surface area contributed by atoms with E-state index in [4.69, 9.17) is 0 Å². The van der Waals surface area contributed by atoms with Crippen LogP contribution in [0.2, 0.25) is 0 Å². The molecule has 0 saturated carbocycles. The lowest BCUT2D eigenvalue weighted by molar-refractivity contribution is -0.137. The zero-order valence-corrected chi connectivity index (χ0v) is 14.8. The Labute approximate surface area is 154 Å². The summed E-state index contributed by atoms with van der Waals surface area (Å²) in [5.41, 5.74) is 0.791. The maximum absolute atomic E-state index is 13.1. The number of nitrogens with zero attached hydrogens (tertiary/aromatic N) is 3. The first-order valence-electron chi connectivity index (χ1n) is 8.55. The van der Waals surface area contributed by atoms with Crippen molar-refractivity contribution in [3.05, 3.63) is 58.8 Å². The van der Waals surface area contributed by atoms with E-state index in [1.165, 1.54) is 19.2 Å². The van der Waals surface area contributed by atoms with Gasteiger partial charge in [-0.05, 0) is 36.6 Å². The number of carbonyl (C=O) groups excluding carboxylic acids is 1. The highest BCUT2D eigenvalue weighted by molar-refractivity contribution is 5.91. The number of hydrogen-bond acceptors (Lipinski definition) is 4. The molecule has 2 aromatic rings. The molecule has 5 nitrogen and oxygen atoms in total. The van der Waals surface area contributed by atoms with E-state index < -0.39 is 11.7 Å². The van der Waals surface area contributed by atoms with Gasteiger partial charge >= 0.3 is 6.18 Å². The molecule has 0 atom stereocenters. The molecule has 0 spiro atoms. The lowest BCUT2D eigenvalue weighted by Gasteiger charge is -2.29. The molecular formula is C19H19F3N4O. The van der Waals surface area contributed by atoms with Crippen molar-refractivity contribution in [1.29, 1.82) is 0 Å². The Balaban J connectivity index is 1.69. The van der Waals surface area contributed by atoms with Crippen LogP contribution in [0.3, 0.4) is 0 Å². The zero-order valence-electron chi connectivity index (χ0n) is 14.8. The summed E-state index contributed by atoms with van der Waals surface area (Å²) in [4.78, 5) is 13.5. The van der Waals surface area contributed by atoms with Crippen molar-refractivity contribution in [1.82, 2.24) is 15.5 Å². The maximum Gasteiger partial charge on any atom is 0.416 e. The molecule has 0 aliphatic carbocycles. The van der Waals surface area contributed by atoms with Crippen LogP contribution in [0.25, 0.3) is 6.08 Å². The number of carbonyl (C=O) groups is 1. The summed E-state index contributed by atoms with van der Waals surface area (Å²) in [6.07, 6.45) is -1.44. The van der Waals surface area contributed by atoms with Crippen molar-refractivity contribution in [2.45, 2.75) is 19.0 Å². The molecule has 142 valence electrons. The molecule has 8 heteroatoms. The number of nitrogens with one attached hydrogen (secondary N) is 1. The van der Waals surface area contributed by atoms with E-state index in [1.54, 1.807) is 24.3 Å². The highest BCUT2D eigenvalue weighted by Crippen LogP contribution is 2.33. The topological polar surface area (TPSA) is 58.1 Å². The van der Waals surface area contributed by atoms with Gasteiger partial charge in [-0.1, -0.05) is 29.8 Å². The van der Waals surface area contributed by atoms with Crippen LogP contribution in [-0.4, -0.2) is 36.2 Å². The van der Waals surface area contributed by atoms with Gasteiger partial charge in [-0.25, -0.2) is 0 Å². The summed E-state index contributed by atoms with van der Waals surface area (Å²) in [6, 6.07) is 8.93. The fraction of sp³-hybridized carbons (Fsp3) is 0.316.